The van der Waals surface area contributed by atoms with Crippen molar-refractivity contribution < 1.29 is 13.3 Å². The summed E-state index contributed by atoms with van der Waals surface area (Å²) in [6, 6.07) is 10.4. The second-order valence-corrected chi connectivity index (χ2v) is 8.59. The Bertz CT molecular complexity index is 784. The lowest BCUT2D eigenvalue weighted by Gasteiger charge is -2.03. The first-order valence-electron chi connectivity index (χ1n) is 7.16. The first kappa shape index (κ1) is 17.6. The van der Waals surface area contributed by atoms with Gasteiger partial charge in [-0.25, -0.2) is 8.42 Å². The van der Waals surface area contributed by atoms with Crippen LogP contribution in [0.3, 0.4) is 0 Å². The topological polar surface area (TPSA) is 89.3 Å². The Balaban J connectivity index is 2.00. The second-order valence-electron chi connectivity index (χ2n) is 4.95. The van der Waals surface area contributed by atoms with E-state index in [-0.39, 0.29) is 22.1 Å². The van der Waals surface area contributed by atoms with E-state index < -0.39 is 9.84 Å². The molecule has 0 radical (unpaired) electrons. The molecule has 0 aliphatic carbocycles. The van der Waals surface area contributed by atoms with Gasteiger partial charge in [-0.05, 0) is 18.2 Å². The number of benzene rings is 1. The molecule has 0 aliphatic heterocycles. The molecule has 0 unspecified atom stereocenters. The van der Waals surface area contributed by atoms with E-state index in [2.05, 4.69) is 5.32 Å². The molecule has 1 aromatic heterocycles. The number of nitro groups is 1. The monoisotopic (exact) mass is 354 g/mol. The van der Waals surface area contributed by atoms with Crippen molar-refractivity contribution >= 4 is 26.9 Å². The number of sulfone groups is 1. The van der Waals surface area contributed by atoms with Gasteiger partial charge in [-0.3, -0.25) is 10.1 Å². The predicted molar refractivity (Wildman–Crippen MR) is 92.4 cm³/mol. The van der Waals surface area contributed by atoms with Crippen LogP contribution in [0.25, 0.3) is 10.4 Å². The van der Waals surface area contributed by atoms with Gasteiger partial charge in [0.2, 0.25) is 0 Å². The number of nitrogens with one attached hydrogen (secondary N) is 1. The van der Waals surface area contributed by atoms with Crippen LogP contribution in [-0.4, -0.2) is 31.4 Å². The van der Waals surface area contributed by atoms with Gasteiger partial charge >= 0.3 is 0 Å². The molecule has 0 atom stereocenters. The summed E-state index contributed by atoms with van der Waals surface area (Å²) < 4.78 is 22.8. The average molecular weight is 354 g/mol. The van der Waals surface area contributed by atoms with Gasteiger partial charge < -0.3 is 5.32 Å². The van der Waals surface area contributed by atoms with Crippen molar-refractivity contribution in [2.75, 3.05) is 18.1 Å². The van der Waals surface area contributed by atoms with Crippen LogP contribution >= 0.6 is 11.3 Å². The summed E-state index contributed by atoms with van der Waals surface area (Å²) in [6.45, 7) is 2.58. The summed E-state index contributed by atoms with van der Waals surface area (Å²) in [5.41, 5.74) is 0.685. The summed E-state index contributed by atoms with van der Waals surface area (Å²) in [5, 5.41) is 14.2. The van der Waals surface area contributed by atoms with Gasteiger partial charge in [0.05, 0.1) is 16.2 Å². The van der Waals surface area contributed by atoms with E-state index >= 15 is 0 Å². The van der Waals surface area contributed by atoms with Crippen molar-refractivity contribution in [1.29, 1.82) is 0 Å². The summed E-state index contributed by atoms with van der Waals surface area (Å²) in [6.07, 6.45) is 0. The normalized spacial score (nSPS) is 11.5. The quantitative estimate of drug-likeness (QED) is 0.447. The summed E-state index contributed by atoms with van der Waals surface area (Å²) in [5.74, 6) is 0.265. The van der Waals surface area contributed by atoms with E-state index in [1.54, 1.807) is 25.1 Å². The molecule has 1 aromatic carbocycles. The molecule has 0 spiro atoms. The second kappa shape index (κ2) is 7.67. The molecule has 0 aliphatic rings. The molecule has 124 valence electrons. The first-order valence-corrected chi connectivity index (χ1v) is 9.80. The Hall–Kier alpha value is -1.77. The lowest BCUT2D eigenvalue weighted by molar-refractivity contribution is -0.384. The Labute approximate surface area is 139 Å². The van der Waals surface area contributed by atoms with Gasteiger partial charge in [-0.1, -0.05) is 19.1 Å². The van der Waals surface area contributed by atoms with Crippen LogP contribution in [0.15, 0.2) is 36.4 Å². The van der Waals surface area contributed by atoms with Gasteiger partial charge in [0.1, 0.15) is 0 Å². The standard InChI is InChI=1S/C15H18N2O4S2/c1-2-23(20,21)10-9-16-11-12-7-8-15(22-12)13-5-3-4-6-14(13)17(18)19/h3-8,16H,2,9-11H2,1H3. The minimum absolute atomic E-state index is 0.0860. The van der Waals surface area contributed by atoms with E-state index in [1.807, 2.05) is 12.1 Å². The Morgan fingerprint density at radius 2 is 1.96 bits per heavy atom. The molecule has 0 bridgehead atoms. The van der Waals surface area contributed by atoms with Crippen molar-refractivity contribution in [3.8, 4) is 10.4 Å². The van der Waals surface area contributed by atoms with Crippen LogP contribution in [0.5, 0.6) is 0 Å². The van der Waals surface area contributed by atoms with Crippen LogP contribution in [0, 0.1) is 10.1 Å². The van der Waals surface area contributed by atoms with E-state index in [9.17, 15) is 18.5 Å². The molecule has 23 heavy (non-hydrogen) atoms. The van der Waals surface area contributed by atoms with Gasteiger partial charge in [-0.2, -0.15) is 0 Å². The fourth-order valence-electron chi connectivity index (χ4n) is 2.04. The highest BCUT2D eigenvalue weighted by Gasteiger charge is 2.15. The fraction of sp³-hybridized carbons (Fsp3) is 0.333. The number of nitrogens with zero attached hydrogens (tertiary/aromatic N) is 1. The minimum Gasteiger partial charge on any atom is -0.311 e. The number of hydrogen-bond acceptors (Lipinski definition) is 6. The summed E-state index contributed by atoms with van der Waals surface area (Å²) in [4.78, 5) is 12.5. The molecule has 0 fully saturated rings. The highest BCUT2D eigenvalue weighted by atomic mass is 32.2. The lowest BCUT2D eigenvalue weighted by atomic mass is 10.1. The molecule has 1 N–H and O–H groups in total. The molecular formula is C15H18N2O4S2. The van der Waals surface area contributed by atoms with Gasteiger partial charge in [0.25, 0.3) is 5.69 Å². The molecule has 0 amide bonds. The molecule has 2 rings (SSSR count). The van der Waals surface area contributed by atoms with Crippen molar-refractivity contribution in [2.45, 2.75) is 13.5 Å². The van der Waals surface area contributed by atoms with E-state index in [0.717, 1.165) is 9.75 Å². The highest BCUT2D eigenvalue weighted by molar-refractivity contribution is 7.91. The van der Waals surface area contributed by atoms with Crippen LogP contribution in [0.1, 0.15) is 11.8 Å². The smallest absolute Gasteiger partial charge is 0.278 e. The highest BCUT2D eigenvalue weighted by Crippen LogP contribution is 2.34. The van der Waals surface area contributed by atoms with E-state index in [0.29, 0.717) is 18.7 Å². The van der Waals surface area contributed by atoms with Crippen molar-refractivity contribution in [2.24, 2.45) is 0 Å². The predicted octanol–water partition coefficient (Wildman–Crippen LogP) is 2.85. The lowest BCUT2D eigenvalue weighted by Crippen LogP contribution is -2.23. The number of hydrogen-bond donors (Lipinski definition) is 1. The van der Waals surface area contributed by atoms with Crippen LogP contribution in [0.2, 0.25) is 0 Å². The maximum absolute atomic E-state index is 11.4. The molecular weight excluding hydrogens is 336 g/mol. The number of thiophene rings is 1. The van der Waals surface area contributed by atoms with Crippen LogP contribution in [-0.2, 0) is 16.4 Å². The first-order chi connectivity index (χ1) is 10.9. The fourth-order valence-corrected chi connectivity index (χ4v) is 3.80. The van der Waals surface area contributed by atoms with Gasteiger partial charge in [0, 0.05) is 34.7 Å². The maximum Gasteiger partial charge on any atom is 0.278 e. The zero-order valence-electron chi connectivity index (χ0n) is 12.7. The third-order valence-corrected chi connectivity index (χ3v) is 6.18. The number of para-hydroxylation sites is 1. The SMILES string of the molecule is CCS(=O)(=O)CCNCc1ccc(-c2ccccc2[N+](=O)[O-])s1. The zero-order chi connectivity index (χ0) is 16.9. The summed E-state index contributed by atoms with van der Waals surface area (Å²) in [7, 11) is -2.96. The van der Waals surface area contributed by atoms with Crippen LogP contribution < -0.4 is 5.32 Å². The molecule has 8 heteroatoms. The molecule has 2 aromatic rings. The average Bonchev–Trinajstić information content (AvgIpc) is 3.00. The third kappa shape index (κ3) is 4.85. The maximum atomic E-state index is 11.4. The Kier molecular flexibility index (Phi) is 5.86. The van der Waals surface area contributed by atoms with Crippen molar-refractivity contribution in [3.05, 3.63) is 51.4 Å². The van der Waals surface area contributed by atoms with Crippen LogP contribution in [0.4, 0.5) is 5.69 Å². The van der Waals surface area contributed by atoms with Gasteiger partial charge in [-0.15, -0.1) is 11.3 Å². The largest absolute Gasteiger partial charge is 0.311 e. The van der Waals surface area contributed by atoms with Gasteiger partial charge in [0.15, 0.2) is 9.84 Å². The zero-order valence-corrected chi connectivity index (χ0v) is 14.3. The molecule has 0 saturated heterocycles. The van der Waals surface area contributed by atoms with E-state index in [1.165, 1.54) is 17.4 Å². The van der Waals surface area contributed by atoms with Crippen molar-refractivity contribution in [3.63, 3.8) is 0 Å². The van der Waals surface area contributed by atoms with E-state index in [4.69, 9.17) is 0 Å². The summed E-state index contributed by atoms with van der Waals surface area (Å²) >= 11 is 1.46. The minimum atomic E-state index is -2.96. The Morgan fingerprint density at radius 3 is 2.65 bits per heavy atom. The number of nitro benzene ring substituents is 1. The Morgan fingerprint density at radius 1 is 1.22 bits per heavy atom. The molecule has 0 saturated carbocycles. The third-order valence-electron chi connectivity index (χ3n) is 3.36. The number of rotatable bonds is 8. The molecule has 1 heterocycles. The van der Waals surface area contributed by atoms with Crippen molar-refractivity contribution in [1.82, 2.24) is 5.32 Å². The molecule has 6 nitrogen and oxygen atoms in total.